The van der Waals surface area contributed by atoms with Crippen LogP contribution in [0.2, 0.25) is 5.02 Å². The first-order chi connectivity index (χ1) is 7.95. The second-order valence-corrected chi connectivity index (χ2v) is 6.87. The topological polar surface area (TPSA) is 33.1 Å². The van der Waals surface area contributed by atoms with Gasteiger partial charge in [-0.2, -0.15) is 11.8 Å². The molecule has 0 aliphatic carbocycles. The van der Waals surface area contributed by atoms with E-state index >= 15 is 0 Å². The third-order valence-corrected chi connectivity index (χ3v) is 5.33. The number of rotatable bonds is 2. The van der Waals surface area contributed by atoms with Crippen LogP contribution in [-0.4, -0.2) is 27.2 Å². The first-order valence-corrected chi connectivity index (χ1v) is 7.36. The van der Waals surface area contributed by atoms with Crippen LogP contribution in [0.3, 0.4) is 0 Å². The third kappa shape index (κ3) is 2.61. The number of halogens is 1. The van der Waals surface area contributed by atoms with Crippen molar-refractivity contribution in [1.29, 1.82) is 0 Å². The fraction of sp³-hybridized carbons (Fsp3) is 0.615. The van der Waals surface area contributed by atoms with Gasteiger partial charge in [-0.15, -0.1) is 0 Å². The monoisotopic (exact) mass is 271 g/mol. The van der Waals surface area contributed by atoms with E-state index in [0.29, 0.717) is 11.4 Å². The van der Waals surface area contributed by atoms with E-state index in [4.69, 9.17) is 11.6 Å². The summed E-state index contributed by atoms with van der Waals surface area (Å²) in [5.74, 6) is 1.90. The molecule has 4 heteroatoms. The van der Waals surface area contributed by atoms with E-state index in [2.05, 4.69) is 18.8 Å². The predicted octanol–water partition coefficient (Wildman–Crippen LogP) is 3.17. The molecule has 1 N–H and O–H groups in total. The molecule has 0 radical (unpaired) electrons. The van der Waals surface area contributed by atoms with Crippen LogP contribution in [0.25, 0.3) is 0 Å². The molecule has 94 valence electrons. The van der Waals surface area contributed by atoms with Crippen molar-refractivity contribution in [3.05, 3.63) is 29.0 Å². The second kappa shape index (κ2) is 4.79. The number of hydrogen-bond donors (Lipinski definition) is 1. The molecule has 0 aromatic carbocycles. The average molecular weight is 272 g/mol. The molecule has 1 aromatic heterocycles. The molecule has 1 aliphatic rings. The molecule has 1 unspecified atom stereocenters. The second-order valence-electron chi connectivity index (χ2n) is 5.36. The van der Waals surface area contributed by atoms with Gasteiger partial charge in [0.15, 0.2) is 0 Å². The standard InChI is InChI=1S/C13H18ClNOS/c1-12(2)4-6-17-9-13(12,16)7-10-3-5-15-8-11(10)14/h3,5,8,16H,4,6-7,9H2,1-2H3. The van der Waals surface area contributed by atoms with Crippen LogP contribution < -0.4 is 0 Å². The highest BCUT2D eigenvalue weighted by Gasteiger charge is 2.45. The van der Waals surface area contributed by atoms with Gasteiger partial charge in [-0.1, -0.05) is 25.4 Å². The fourth-order valence-electron chi connectivity index (χ4n) is 2.15. The highest BCUT2D eigenvalue weighted by Crippen LogP contribution is 2.44. The molecule has 1 aliphatic heterocycles. The molecule has 1 fully saturated rings. The summed E-state index contributed by atoms with van der Waals surface area (Å²) >= 11 is 7.94. The summed E-state index contributed by atoms with van der Waals surface area (Å²) in [6, 6.07) is 1.90. The van der Waals surface area contributed by atoms with Crippen LogP contribution in [0.5, 0.6) is 0 Å². The van der Waals surface area contributed by atoms with Crippen molar-refractivity contribution in [2.75, 3.05) is 11.5 Å². The van der Waals surface area contributed by atoms with Crippen molar-refractivity contribution in [3.63, 3.8) is 0 Å². The highest BCUT2D eigenvalue weighted by atomic mass is 35.5. The van der Waals surface area contributed by atoms with Gasteiger partial charge in [0, 0.05) is 24.6 Å². The Hall–Kier alpha value is -0.250. The minimum Gasteiger partial charge on any atom is -0.388 e. The van der Waals surface area contributed by atoms with E-state index in [0.717, 1.165) is 23.5 Å². The summed E-state index contributed by atoms with van der Waals surface area (Å²) in [5, 5.41) is 11.5. The van der Waals surface area contributed by atoms with Gasteiger partial charge < -0.3 is 5.11 Å². The Labute approximate surface area is 112 Å². The molecule has 2 nitrogen and oxygen atoms in total. The molecule has 1 atom stereocenters. The predicted molar refractivity (Wildman–Crippen MR) is 73.6 cm³/mol. The molecule has 17 heavy (non-hydrogen) atoms. The van der Waals surface area contributed by atoms with Gasteiger partial charge in [0.25, 0.3) is 0 Å². The molecular weight excluding hydrogens is 254 g/mol. The average Bonchev–Trinajstić information content (AvgIpc) is 2.26. The Morgan fingerprint density at radius 3 is 2.94 bits per heavy atom. The molecule has 0 saturated carbocycles. The van der Waals surface area contributed by atoms with Gasteiger partial charge in [0.05, 0.1) is 10.6 Å². The van der Waals surface area contributed by atoms with E-state index in [1.54, 1.807) is 12.4 Å². The Kier molecular flexibility index (Phi) is 3.71. The summed E-state index contributed by atoms with van der Waals surface area (Å²) < 4.78 is 0. The zero-order chi connectivity index (χ0) is 12.5. The van der Waals surface area contributed by atoms with E-state index in [9.17, 15) is 5.11 Å². The normalized spacial score (nSPS) is 28.0. The summed E-state index contributed by atoms with van der Waals surface area (Å²) in [5.41, 5.74) is 0.242. The van der Waals surface area contributed by atoms with Crippen LogP contribution in [-0.2, 0) is 6.42 Å². The number of thioether (sulfide) groups is 1. The summed E-state index contributed by atoms with van der Waals surface area (Å²) in [6.07, 6.45) is 5.02. The fourth-order valence-corrected chi connectivity index (χ4v) is 3.96. The van der Waals surface area contributed by atoms with Gasteiger partial charge in [-0.25, -0.2) is 0 Å². The van der Waals surface area contributed by atoms with Gasteiger partial charge >= 0.3 is 0 Å². The van der Waals surface area contributed by atoms with Crippen LogP contribution in [0, 0.1) is 5.41 Å². The van der Waals surface area contributed by atoms with Crippen molar-refractivity contribution in [2.24, 2.45) is 5.41 Å². The summed E-state index contributed by atoms with van der Waals surface area (Å²) in [6.45, 7) is 4.28. The van der Waals surface area contributed by atoms with Gasteiger partial charge in [-0.3, -0.25) is 4.98 Å². The van der Waals surface area contributed by atoms with Crippen molar-refractivity contribution >= 4 is 23.4 Å². The molecule has 0 amide bonds. The lowest BCUT2D eigenvalue weighted by molar-refractivity contribution is -0.0512. The lowest BCUT2D eigenvalue weighted by Gasteiger charge is -2.46. The lowest BCUT2D eigenvalue weighted by Crippen LogP contribution is -2.51. The first kappa shape index (κ1) is 13.2. The summed E-state index contributed by atoms with van der Waals surface area (Å²) in [7, 11) is 0. The third-order valence-electron chi connectivity index (χ3n) is 3.81. The number of pyridine rings is 1. The largest absolute Gasteiger partial charge is 0.388 e. The molecule has 0 spiro atoms. The molecule has 1 saturated heterocycles. The van der Waals surface area contributed by atoms with Gasteiger partial charge in [0.2, 0.25) is 0 Å². The molecule has 2 heterocycles. The maximum atomic E-state index is 10.9. The van der Waals surface area contributed by atoms with Crippen LogP contribution >= 0.6 is 23.4 Å². The Bertz CT molecular complexity index is 410. The Morgan fingerprint density at radius 1 is 1.53 bits per heavy atom. The first-order valence-electron chi connectivity index (χ1n) is 5.83. The molecule has 1 aromatic rings. The smallest absolute Gasteiger partial charge is 0.0829 e. The number of aliphatic hydroxyl groups is 1. The minimum absolute atomic E-state index is 0.0646. The Balaban J connectivity index is 2.24. The zero-order valence-corrected chi connectivity index (χ0v) is 11.8. The number of hydrogen-bond acceptors (Lipinski definition) is 3. The maximum absolute atomic E-state index is 10.9. The molecule has 2 rings (SSSR count). The van der Waals surface area contributed by atoms with Crippen molar-refractivity contribution in [1.82, 2.24) is 4.98 Å². The van der Waals surface area contributed by atoms with E-state index in [1.807, 2.05) is 17.8 Å². The zero-order valence-electron chi connectivity index (χ0n) is 10.2. The highest BCUT2D eigenvalue weighted by molar-refractivity contribution is 7.99. The van der Waals surface area contributed by atoms with Gasteiger partial charge in [0.1, 0.15) is 0 Å². The SMILES string of the molecule is CC1(C)CCSCC1(O)Cc1ccncc1Cl. The van der Waals surface area contributed by atoms with E-state index < -0.39 is 5.60 Å². The maximum Gasteiger partial charge on any atom is 0.0829 e. The number of aromatic nitrogens is 1. The summed E-state index contributed by atoms with van der Waals surface area (Å²) in [4.78, 5) is 3.98. The Morgan fingerprint density at radius 2 is 2.29 bits per heavy atom. The molecule has 0 bridgehead atoms. The minimum atomic E-state index is -0.680. The van der Waals surface area contributed by atoms with Gasteiger partial charge in [-0.05, 0) is 29.2 Å². The lowest BCUT2D eigenvalue weighted by atomic mass is 9.70. The van der Waals surface area contributed by atoms with E-state index in [-0.39, 0.29) is 5.41 Å². The van der Waals surface area contributed by atoms with Crippen molar-refractivity contribution in [3.8, 4) is 0 Å². The van der Waals surface area contributed by atoms with Crippen molar-refractivity contribution in [2.45, 2.75) is 32.3 Å². The molecular formula is C13H18ClNOS. The van der Waals surface area contributed by atoms with Crippen molar-refractivity contribution < 1.29 is 5.11 Å². The van der Waals surface area contributed by atoms with Crippen LogP contribution in [0.1, 0.15) is 25.8 Å². The van der Waals surface area contributed by atoms with E-state index in [1.165, 1.54) is 0 Å². The number of nitrogens with zero attached hydrogens (tertiary/aromatic N) is 1. The van der Waals surface area contributed by atoms with Crippen LogP contribution in [0.4, 0.5) is 0 Å². The van der Waals surface area contributed by atoms with Crippen LogP contribution in [0.15, 0.2) is 18.5 Å². The quantitative estimate of drug-likeness (QED) is 0.897.